The number of phenolic OH excluding ortho intramolecular Hbond substituents is 2. The number of phenols is 2. The van der Waals surface area contributed by atoms with Crippen LogP contribution in [0.4, 0.5) is 0 Å². The third-order valence-electron chi connectivity index (χ3n) is 9.92. The average Bonchev–Trinajstić information content (AvgIpc) is 3.67. The van der Waals surface area contributed by atoms with Crippen molar-refractivity contribution in [2.24, 2.45) is 0 Å². The van der Waals surface area contributed by atoms with Crippen molar-refractivity contribution in [2.45, 2.75) is 38.0 Å². The van der Waals surface area contributed by atoms with E-state index in [2.05, 4.69) is 21.3 Å². The number of hydrogen-bond donors (Lipinski definition) is 7. The van der Waals surface area contributed by atoms with E-state index >= 15 is 0 Å². The molecule has 6 amide bonds. The average molecular weight is 813 g/mol. The molecule has 0 aromatic heterocycles. The van der Waals surface area contributed by atoms with Gasteiger partial charge in [0, 0.05) is 48.3 Å². The number of aliphatic hydroxyl groups excluding tert-OH is 1. The van der Waals surface area contributed by atoms with Gasteiger partial charge in [-0.05, 0) is 84.1 Å². The number of benzene rings is 4. The maximum Gasteiger partial charge on any atom is 0.251 e. The van der Waals surface area contributed by atoms with Crippen LogP contribution in [-0.4, -0.2) is 113 Å². The molecule has 1 fully saturated rings. The molecule has 4 aromatic carbocycles. The first kappa shape index (κ1) is 42.7. The third kappa shape index (κ3) is 11.1. The zero-order valence-electron chi connectivity index (χ0n) is 31.9. The minimum Gasteiger partial charge on any atom is -0.507 e. The van der Waals surface area contributed by atoms with Crippen LogP contribution >= 0.6 is 11.6 Å². The molecule has 4 aromatic rings. The molecule has 0 aliphatic carbocycles. The number of rotatable bonds is 16. The van der Waals surface area contributed by atoms with Crippen LogP contribution < -0.4 is 21.3 Å². The summed E-state index contributed by atoms with van der Waals surface area (Å²) in [6.07, 6.45) is 0.0295. The Morgan fingerprint density at radius 1 is 0.862 bits per heavy atom. The minimum absolute atomic E-state index is 0.102. The van der Waals surface area contributed by atoms with Crippen molar-refractivity contribution < 1.29 is 44.1 Å². The number of nitrogens with zero attached hydrogens (tertiary/aromatic N) is 2. The SMILES string of the molecule is CC(c1ccc(O)c(-c2cc(CC(NC(=O)CNC=O)C(=O)NCC(=O)N3CCC(O)C3)ccc2O)c1)N(C)C(=O)CNC(=O)c1ccc(-c2ccc(Cl)cc2)cc1. The molecule has 16 heteroatoms. The van der Waals surface area contributed by atoms with Crippen LogP contribution in [0.2, 0.25) is 5.02 Å². The second kappa shape index (κ2) is 19.6. The van der Waals surface area contributed by atoms with Crippen LogP contribution in [0, 0.1) is 0 Å². The van der Waals surface area contributed by atoms with E-state index in [1.54, 1.807) is 62.5 Å². The van der Waals surface area contributed by atoms with Gasteiger partial charge in [-0.3, -0.25) is 28.8 Å². The smallest absolute Gasteiger partial charge is 0.251 e. The molecule has 0 spiro atoms. The summed E-state index contributed by atoms with van der Waals surface area (Å²) in [5.41, 5.74) is 3.70. The van der Waals surface area contributed by atoms with E-state index in [1.165, 1.54) is 34.1 Å². The van der Waals surface area contributed by atoms with Crippen LogP contribution in [-0.2, 0) is 30.4 Å². The lowest BCUT2D eigenvalue weighted by Crippen LogP contribution is -2.51. The van der Waals surface area contributed by atoms with Crippen molar-refractivity contribution in [3.05, 3.63) is 107 Å². The largest absolute Gasteiger partial charge is 0.507 e. The summed E-state index contributed by atoms with van der Waals surface area (Å²) < 4.78 is 0. The number of nitrogens with one attached hydrogen (secondary N) is 4. The van der Waals surface area contributed by atoms with E-state index in [4.69, 9.17) is 11.6 Å². The molecule has 304 valence electrons. The van der Waals surface area contributed by atoms with E-state index in [-0.39, 0.29) is 54.6 Å². The first-order valence-corrected chi connectivity index (χ1v) is 18.9. The van der Waals surface area contributed by atoms with Crippen molar-refractivity contribution in [3.63, 3.8) is 0 Å². The van der Waals surface area contributed by atoms with E-state index < -0.39 is 48.4 Å². The van der Waals surface area contributed by atoms with E-state index in [1.807, 2.05) is 12.1 Å². The second-order valence-corrected chi connectivity index (χ2v) is 14.3. The van der Waals surface area contributed by atoms with E-state index in [0.29, 0.717) is 41.1 Å². The molecule has 15 nitrogen and oxygen atoms in total. The Morgan fingerprint density at radius 3 is 2.14 bits per heavy atom. The standard InChI is InChI=1S/C42H45ClN6O9/c1-25(48(2)39(55)21-45-41(57)29-6-4-27(5-7-29)28-8-11-31(43)12-9-28)30-10-14-37(53)34(19-30)33-17-26(3-13-36(33)52)18-35(47-38(54)20-44-24-50)42(58)46-22-40(56)49-16-15-32(51)23-49/h3-14,17,19,24-25,32,35,51-53H,15-16,18,20-23H2,1-2H3,(H,44,50)(H,45,57)(H,46,58)(H,47,54). The lowest BCUT2D eigenvalue weighted by Gasteiger charge is -2.26. The van der Waals surface area contributed by atoms with Crippen LogP contribution in [0.15, 0.2) is 84.9 Å². The topological polar surface area (TPSA) is 218 Å². The Morgan fingerprint density at radius 2 is 1.50 bits per heavy atom. The fourth-order valence-electron chi connectivity index (χ4n) is 6.42. The van der Waals surface area contributed by atoms with Gasteiger partial charge in [-0.1, -0.05) is 48.0 Å². The van der Waals surface area contributed by atoms with Crippen molar-refractivity contribution in [1.29, 1.82) is 0 Å². The Labute approximate surface area is 340 Å². The summed E-state index contributed by atoms with van der Waals surface area (Å²) >= 11 is 5.98. The zero-order valence-corrected chi connectivity index (χ0v) is 32.7. The molecule has 0 saturated carbocycles. The van der Waals surface area contributed by atoms with Gasteiger partial charge in [-0.15, -0.1) is 0 Å². The lowest BCUT2D eigenvalue weighted by atomic mass is 9.95. The van der Waals surface area contributed by atoms with Crippen molar-refractivity contribution in [3.8, 4) is 33.8 Å². The molecule has 0 radical (unpaired) electrons. The first-order valence-electron chi connectivity index (χ1n) is 18.5. The summed E-state index contributed by atoms with van der Waals surface area (Å²) in [6.45, 7) is 1.23. The predicted molar refractivity (Wildman–Crippen MR) is 216 cm³/mol. The highest BCUT2D eigenvalue weighted by atomic mass is 35.5. The summed E-state index contributed by atoms with van der Waals surface area (Å²) in [5, 5.41) is 42.2. The van der Waals surface area contributed by atoms with Gasteiger partial charge in [-0.25, -0.2) is 0 Å². The number of aliphatic hydroxyl groups is 1. The summed E-state index contributed by atoms with van der Waals surface area (Å²) in [5.74, 6) is -2.93. The number of aromatic hydroxyl groups is 2. The van der Waals surface area contributed by atoms with Gasteiger partial charge in [-0.2, -0.15) is 0 Å². The Kier molecular flexibility index (Phi) is 14.4. The molecular formula is C42H45ClN6O9. The number of carbonyl (C=O) groups excluding carboxylic acids is 6. The zero-order chi connectivity index (χ0) is 41.9. The molecule has 0 bridgehead atoms. The number of likely N-dealkylation sites (N-methyl/N-ethyl adjacent to an activating group) is 1. The number of halogens is 1. The molecular weight excluding hydrogens is 768 g/mol. The predicted octanol–water partition coefficient (Wildman–Crippen LogP) is 2.52. The highest BCUT2D eigenvalue weighted by Gasteiger charge is 2.27. The molecule has 1 heterocycles. The fraction of sp³-hybridized carbons (Fsp3) is 0.286. The molecule has 1 aliphatic rings. The Hall–Kier alpha value is -6.45. The van der Waals surface area contributed by atoms with Crippen LogP contribution in [0.5, 0.6) is 11.5 Å². The van der Waals surface area contributed by atoms with Gasteiger partial charge in [0.15, 0.2) is 0 Å². The molecule has 7 N–H and O–H groups in total. The highest BCUT2D eigenvalue weighted by Crippen LogP contribution is 2.38. The monoisotopic (exact) mass is 812 g/mol. The van der Waals surface area contributed by atoms with Crippen LogP contribution in [0.3, 0.4) is 0 Å². The molecule has 5 rings (SSSR count). The second-order valence-electron chi connectivity index (χ2n) is 13.9. The molecule has 1 saturated heterocycles. The van der Waals surface area contributed by atoms with Gasteiger partial charge in [0.05, 0.1) is 31.8 Å². The normalized spacial score (nSPS) is 14.5. The Bertz CT molecular complexity index is 2150. The highest BCUT2D eigenvalue weighted by molar-refractivity contribution is 6.30. The third-order valence-corrected chi connectivity index (χ3v) is 10.2. The maximum atomic E-state index is 13.3. The van der Waals surface area contributed by atoms with Gasteiger partial charge in [0.1, 0.15) is 17.5 Å². The summed E-state index contributed by atoms with van der Waals surface area (Å²) in [4.78, 5) is 78.2. The van der Waals surface area contributed by atoms with Gasteiger partial charge in [0.25, 0.3) is 5.91 Å². The number of carbonyl (C=O) groups is 6. The van der Waals surface area contributed by atoms with Crippen molar-refractivity contribution >= 4 is 47.5 Å². The van der Waals surface area contributed by atoms with Gasteiger partial charge in [0.2, 0.25) is 30.0 Å². The minimum atomic E-state index is -1.20. The van der Waals surface area contributed by atoms with E-state index in [0.717, 1.165) is 11.1 Å². The molecule has 1 aliphatic heterocycles. The summed E-state index contributed by atoms with van der Waals surface area (Å²) in [7, 11) is 1.58. The fourth-order valence-corrected chi connectivity index (χ4v) is 6.55. The summed E-state index contributed by atoms with van der Waals surface area (Å²) in [6, 6.07) is 21.6. The van der Waals surface area contributed by atoms with Crippen molar-refractivity contribution in [1.82, 2.24) is 31.1 Å². The lowest BCUT2D eigenvalue weighted by molar-refractivity contribution is -0.133. The first-order chi connectivity index (χ1) is 27.7. The number of hydrogen-bond acceptors (Lipinski definition) is 9. The van der Waals surface area contributed by atoms with Crippen LogP contribution in [0.1, 0.15) is 40.9 Å². The molecule has 58 heavy (non-hydrogen) atoms. The maximum absolute atomic E-state index is 13.3. The molecule has 3 atom stereocenters. The van der Waals surface area contributed by atoms with Gasteiger partial charge < -0.3 is 46.4 Å². The van der Waals surface area contributed by atoms with E-state index in [9.17, 15) is 44.1 Å². The number of amides is 6. The quantitative estimate of drug-likeness (QED) is 0.0827. The molecule has 3 unspecified atom stereocenters. The van der Waals surface area contributed by atoms with Crippen molar-refractivity contribution in [2.75, 3.05) is 39.8 Å². The van der Waals surface area contributed by atoms with Crippen LogP contribution in [0.25, 0.3) is 22.3 Å². The number of likely N-dealkylation sites (tertiary alicyclic amines) is 1. The van der Waals surface area contributed by atoms with Gasteiger partial charge >= 0.3 is 0 Å². The Balaban J connectivity index is 1.25. The number of β-amino-alcohol motifs (C(OH)–C–C–N with tert-alkyl or cyclic N) is 1.